The Morgan fingerprint density at radius 2 is 2.05 bits per heavy atom. The molecule has 112 valence electrons. The molecule has 0 saturated heterocycles. The summed E-state index contributed by atoms with van der Waals surface area (Å²) in [5.74, 6) is 0. The Morgan fingerprint density at radius 1 is 1.40 bits per heavy atom. The van der Waals surface area contributed by atoms with Crippen LogP contribution in [0.1, 0.15) is 6.92 Å². The van der Waals surface area contributed by atoms with E-state index in [4.69, 9.17) is 0 Å². The van der Waals surface area contributed by atoms with Crippen LogP contribution in [0, 0.1) is 10.1 Å². The number of rotatable bonds is 7. The third-order valence-electron chi connectivity index (χ3n) is 2.27. The average Bonchev–Trinajstić information content (AvgIpc) is 2.36. The summed E-state index contributed by atoms with van der Waals surface area (Å²) in [6.07, 6.45) is -2.89. The molecule has 0 aliphatic heterocycles. The number of halogens is 2. The lowest BCUT2D eigenvalue weighted by Crippen LogP contribution is -2.29. The lowest BCUT2D eigenvalue weighted by molar-refractivity contribution is -0.386. The van der Waals surface area contributed by atoms with Crippen LogP contribution in [0.2, 0.25) is 0 Å². The van der Waals surface area contributed by atoms with Crippen molar-refractivity contribution >= 4 is 21.4 Å². The third-order valence-corrected chi connectivity index (χ3v) is 3.72. The van der Waals surface area contributed by atoms with Crippen molar-refractivity contribution in [3.63, 3.8) is 0 Å². The Kier molecular flexibility index (Phi) is 5.34. The minimum absolute atomic E-state index is 0.0115. The van der Waals surface area contributed by atoms with E-state index in [0.717, 1.165) is 6.07 Å². The van der Waals surface area contributed by atoms with Crippen molar-refractivity contribution in [1.82, 2.24) is 4.72 Å². The van der Waals surface area contributed by atoms with E-state index in [0.29, 0.717) is 6.54 Å². The first-order valence-electron chi connectivity index (χ1n) is 5.58. The number of hydrogen-bond donors (Lipinski definition) is 2. The molecule has 7 nitrogen and oxygen atoms in total. The number of nitro groups is 1. The van der Waals surface area contributed by atoms with E-state index in [2.05, 4.69) is 5.32 Å². The molecule has 0 fully saturated rings. The highest BCUT2D eigenvalue weighted by atomic mass is 32.2. The zero-order chi connectivity index (χ0) is 15.3. The lowest BCUT2D eigenvalue weighted by atomic mass is 10.2. The molecule has 0 bridgehead atoms. The minimum atomic E-state index is -4.38. The van der Waals surface area contributed by atoms with Gasteiger partial charge in [-0.1, -0.05) is 6.07 Å². The fourth-order valence-corrected chi connectivity index (χ4v) is 2.71. The Morgan fingerprint density at radius 3 is 2.55 bits per heavy atom. The zero-order valence-corrected chi connectivity index (χ0v) is 11.3. The molecule has 0 amide bonds. The molecule has 0 spiro atoms. The maximum absolute atomic E-state index is 12.1. The van der Waals surface area contributed by atoms with Gasteiger partial charge in [-0.2, -0.15) is 0 Å². The van der Waals surface area contributed by atoms with Gasteiger partial charge >= 0.3 is 5.69 Å². The van der Waals surface area contributed by atoms with Crippen molar-refractivity contribution in [2.45, 2.75) is 18.2 Å². The summed E-state index contributed by atoms with van der Waals surface area (Å²) >= 11 is 0. The lowest BCUT2D eigenvalue weighted by Gasteiger charge is -2.10. The molecule has 0 aromatic heterocycles. The first-order valence-corrected chi connectivity index (χ1v) is 7.07. The van der Waals surface area contributed by atoms with Crippen molar-refractivity contribution in [3.8, 4) is 0 Å². The molecule has 0 aliphatic rings. The average molecular weight is 309 g/mol. The second kappa shape index (κ2) is 6.57. The van der Waals surface area contributed by atoms with Crippen LogP contribution in [0.4, 0.5) is 20.2 Å². The third kappa shape index (κ3) is 3.84. The number of sulfonamides is 1. The van der Waals surface area contributed by atoms with Gasteiger partial charge in [-0.05, 0) is 19.1 Å². The van der Waals surface area contributed by atoms with Crippen molar-refractivity contribution in [2.24, 2.45) is 0 Å². The van der Waals surface area contributed by atoms with Crippen LogP contribution in [0.25, 0.3) is 0 Å². The van der Waals surface area contributed by atoms with Crippen molar-refractivity contribution in [1.29, 1.82) is 0 Å². The van der Waals surface area contributed by atoms with Gasteiger partial charge in [0.25, 0.3) is 6.43 Å². The number of nitrogens with one attached hydrogen (secondary N) is 2. The van der Waals surface area contributed by atoms with E-state index >= 15 is 0 Å². The maximum Gasteiger partial charge on any atom is 0.312 e. The fraction of sp³-hybridized carbons (Fsp3) is 0.400. The standard InChI is InChI=1S/C10H13F2N3O4S/c1-2-13-7-4-3-5-8(10(7)15(16)17)20(18,19)14-6-9(11)12/h3-5,9,13-14H,2,6H2,1H3. The highest BCUT2D eigenvalue weighted by Gasteiger charge is 2.29. The summed E-state index contributed by atoms with van der Waals surface area (Å²) in [5.41, 5.74) is -0.659. The van der Waals surface area contributed by atoms with Gasteiger partial charge in [0.05, 0.1) is 11.5 Å². The number of hydrogen-bond acceptors (Lipinski definition) is 5. The van der Waals surface area contributed by atoms with Gasteiger partial charge in [0.2, 0.25) is 10.0 Å². The Balaban J connectivity index is 3.30. The van der Waals surface area contributed by atoms with E-state index in [-0.39, 0.29) is 5.69 Å². The second-order valence-corrected chi connectivity index (χ2v) is 5.42. The summed E-state index contributed by atoms with van der Waals surface area (Å²) in [6, 6.07) is 3.63. The summed E-state index contributed by atoms with van der Waals surface area (Å²) < 4.78 is 49.4. The molecule has 0 radical (unpaired) electrons. The highest BCUT2D eigenvalue weighted by molar-refractivity contribution is 7.89. The summed E-state index contributed by atoms with van der Waals surface area (Å²) in [4.78, 5) is 9.51. The van der Waals surface area contributed by atoms with Crippen LogP contribution < -0.4 is 10.0 Å². The van der Waals surface area contributed by atoms with Crippen molar-refractivity contribution in [2.75, 3.05) is 18.4 Å². The number of anilines is 1. The molecule has 0 aliphatic carbocycles. The predicted molar refractivity (Wildman–Crippen MR) is 68.5 cm³/mol. The Labute approximate surface area is 114 Å². The molecule has 1 aromatic carbocycles. The summed E-state index contributed by atoms with van der Waals surface area (Å²) in [7, 11) is -4.38. The first-order chi connectivity index (χ1) is 9.29. The Hall–Kier alpha value is -1.81. The van der Waals surface area contributed by atoms with Gasteiger partial charge < -0.3 is 5.32 Å². The summed E-state index contributed by atoms with van der Waals surface area (Å²) in [5, 5.41) is 13.7. The first kappa shape index (κ1) is 16.2. The van der Waals surface area contributed by atoms with Gasteiger partial charge in [0.1, 0.15) is 5.69 Å². The molecular formula is C10H13F2N3O4S. The number of nitro benzene ring substituents is 1. The van der Waals surface area contributed by atoms with Crippen LogP contribution in [0.15, 0.2) is 23.1 Å². The molecule has 0 saturated carbocycles. The van der Waals surface area contributed by atoms with E-state index in [9.17, 15) is 27.3 Å². The zero-order valence-electron chi connectivity index (χ0n) is 10.5. The smallest absolute Gasteiger partial charge is 0.312 e. The minimum Gasteiger partial charge on any atom is -0.380 e. The molecule has 1 aromatic rings. The SMILES string of the molecule is CCNc1cccc(S(=O)(=O)NCC(F)F)c1[N+](=O)[O-]. The molecule has 1 rings (SSSR count). The van der Waals surface area contributed by atoms with E-state index in [1.54, 1.807) is 11.6 Å². The van der Waals surface area contributed by atoms with Gasteiger partial charge in [-0.25, -0.2) is 21.9 Å². The summed E-state index contributed by atoms with van der Waals surface area (Å²) in [6.45, 7) is 0.916. The quantitative estimate of drug-likeness (QED) is 0.588. The second-order valence-electron chi connectivity index (χ2n) is 3.68. The normalized spacial score (nSPS) is 11.6. The number of benzene rings is 1. The highest BCUT2D eigenvalue weighted by Crippen LogP contribution is 2.31. The molecule has 0 unspecified atom stereocenters. The monoisotopic (exact) mass is 309 g/mol. The van der Waals surface area contributed by atoms with E-state index in [1.807, 2.05) is 0 Å². The van der Waals surface area contributed by atoms with Crippen LogP contribution >= 0.6 is 0 Å². The number of alkyl halides is 2. The van der Waals surface area contributed by atoms with Crippen LogP contribution in [-0.4, -0.2) is 32.9 Å². The van der Waals surface area contributed by atoms with Gasteiger partial charge in [-0.15, -0.1) is 0 Å². The van der Waals surface area contributed by atoms with Crippen molar-refractivity contribution < 1.29 is 22.1 Å². The predicted octanol–water partition coefficient (Wildman–Crippen LogP) is 1.57. The Bertz CT molecular complexity index is 592. The largest absolute Gasteiger partial charge is 0.380 e. The van der Waals surface area contributed by atoms with E-state index in [1.165, 1.54) is 12.1 Å². The number of nitrogens with zero attached hydrogens (tertiary/aromatic N) is 1. The maximum atomic E-state index is 12.1. The van der Waals surface area contributed by atoms with Gasteiger partial charge in [0.15, 0.2) is 4.90 Å². The fourth-order valence-electron chi connectivity index (χ4n) is 1.51. The van der Waals surface area contributed by atoms with Crippen LogP contribution in [-0.2, 0) is 10.0 Å². The molecule has 0 atom stereocenters. The van der Waals surface area contributed by atoms with Crippen LogP contribution in [0.3, 0.4) is 0 Å². The molecule has 20 heavy (non-hydrogen) atoms. The van der Waals surface area contributed by atoms with E-state index < -0.39 is 38.5 Å². The molecule has 0 heterocycles. The van der Waals surface area contributed by atoms with Crippen molar-refractivity contribution in [3.05, 3.63) is 28.3 Å². The topological polar surface area (TPSA) is 101 Å². The van der Waals surface area contributed by atoms with Crippen LogP contribution in [0.5, 0.6) is 0 Å². The van der Waals surface area contributed by atoms with Gasteiger partial charge in [-0.3, -0.25) is 10.1 Å². The molecule has 2 N–H and O–H groups in total. The number of para-hydroxylation sites is 1. The van der Waals surface area contributed by atoms with Gasteiger partial charge in [0, 0.05) is 6.54 Å². The molecular weight excluding hydrogens is 296 g/mol. The molecule has 10 heteroatoms.